The molecule has 0 radical (unpaired) electrons. The minimum absolute atomic E-state index is 0.0365. The zero-order valence-corrected chi connectivity index (χ0v) is 10.4. The molecule has 3 heteroatoms. The Kier molecular flexibility index (Phi) is 3.59. The fourth-order valence-electron chi connectivity index (χ4n) is 2.03. The van der Waals surface area contributed by atoms with Gasteiger partial charge in [0, 0.05) is 18.8 Å². The first-order valence-electron chi connectivity index (χ1n) is 5.98. The van der Waals surface area contributed by atoms with E-state index in [4.69, 9.17) is 5.73 Å². The lowest BCUT2D eigenvalue weighted by Gasteiger charge is -2.11. The summed E-state index contributed by atoms with van der Waals surface area (Å²) in [7, 11) is 0. The Morgan fingerprint density at radius 1 is 1.35 bits per heavy atom. The number of benzene rings is 1. The number of nitrogens with zero attached hydrogens (tertiary/aromatic N) is 2. The van der Waals surface area contributed by atoms with Crippen molar-refractivity contribution in [1.29, 1.82) is 0 Å². The van der Waals surface area contributed by atoms with Gasteiger partial charge in [-0.15, -0.1) is 0 Å². The second-order valence-electron chi connectivity index (χ2n) is 4.48. The number of hydrogen-bond donors (Lipinski definition) is 1. The van der Waals surface area contributed by atoms with Crippen LogP contribution in [0.5, 0.6) is 0 Å². The fraction of sp³-hybridized carbons (Fsp3) is 0.357. The molecule has 3 nitrogen and oxygen atoms in total. The first-order valence-corrected chi connectivity index (χ1v) is 5.98. The second-order valence-corrected chi connectivity index (χ2v) is 4.48. The van der Waals surface area contributed by atoms with Crippen LogP contribution in [0.3, 0.4) is 0 Å². The van der Waals surface area contributed by atoms with Crippen LogP contribution in [0, 0.1) is 6.92 Å². The van der Waals surface area contributed by atoms with Crippen LogP contribution in [0.2, 0.25) is 0 Å². The largest absolute Gasteiger partial charge is 0.333 e. The van der Waals surface area contributed by atoms with Crippen molar-refractivity contribution in [2.24, 2.45) is 5.73 Å². The van der Waals surface area contributed by atoms with Gasteiger partial charge in [0.15, 0.2) is 0 Å². The van der Waals surface area contributed by atoms with Crippen molar-refractivity contribution in [3.8, 4) is 0 Å². The average Bonchev–Trinajstić information content (AvgIpc) is 2.76. The predicted molar refractivity (Wildman–Crippen MR) is 69.7 cm³/mol. The van der Waals surface area contributed by atoms with E-state index in [0.717, 1.165) is 18.7 Å². The van der Waals surface area contributed by atoms with E-state index >= 15 is 0 Å². The smallest absolute Gasteiger partial charge is 0.0948 e. The Labute approximate surface area is 102 Å². The van der Waals surface area contributed by atoms with E-state index in [2.05, 4.69) is 40.7 Å². The van der Waals surface area contributed by atoms with E-state index in [1.165, 1.54) is 11.1 Å². The molecule has 0 saturated heterocycles. The fourth-order valence-corrected chi connectivity index (χ4v) is 2.03. The van der Waals surface area contributed by atoms with Crippen molar-refractivity contribution in [2.75, 3.05) is 0 Å². The minimum Gasteiger partial charge on any atom is -0.333 e. The quantitative estimate of drug-likeness (QED) is 0.875. The summed E-state index contributed by atoms with van der Waals surface area (Å²) in [6.45, 7) is 5.07. The van der Waals surface area contributed by atoms with Gasteiger partial charge in [-0.05, 0) is 31.4 Å². The van der Waals surface area contributed by atoms with Gasteiger partial charge in [0.25, 0.3) is 0 Å². The highest BCUT2D eigenvalue weighted by atomic mass is 15.1. The predicted octanol–water partition coefficient (Wildman–Crippen LogP) is 2.45. The first kappa shape index (κ1) is 11.9. The van der Waals surface area contributed by atoms with E-state index < -0.39 is 0 Å². The van der Waals surface area contributed by atoms with Gasteiger partial charge in [-0.3, -0.25) is 0 Å². The molecule has 1 aromatic carbocycles. The van der Waals surface area contributed by atoms with Crippen LogP contribution in [0.1, 0.15) is 29.8 Å². The third kappa shape index (κ3) is 2.74. The van der Waals surface area contributed by atoms with E-state index in [1.54, 1.807) is 0 Å². The Morgan fingerprint density at radius 3 is 2.82 bits per heavy atom. The summed E-state index contributed by atoms with van der Waals surface area (Å²) >= 11 is 0. The van der Waals surface area contributed by atoms with Gasteiger partial charge in [0.1, 0.15) is 0 Å². The average molecular weight is 229 g/mol. The molecule has 0 bridgehead atoms. The minimum atomic E-state index is 0.0365. The molecule has 17 heavy (non-hydrogen) atoms. The summed E-state index contributed by atoms with van der Waals surface area (Å²) in [5, 5.41) is 0. The number of aryl methyl sites for hydroxylation is 3. The molecule has 1 heterocycles. The van der Waals surface area contributed by atoms with Gasteiger partial charge >= 0.3 is 0 Å². The molecule has 1 aromatic heterocycles. The lowest BCUT2D eigenvalue weighted by molar-refractivity contribution is 0.623. The number of imidazole rings is 1. The summed E-state index contributed by atoms with van der Waals surface area (Å²) in [4.78, 5) is 4.16. The topological polar surface area (TPSA) is 43.8 Å². The van der Waals surface area contributed by atoms with Crippen LogP contribution in [-0.4, -0.2) is 9.55 Å². The Morgan fingerprint density at radius 2 is 2.12 bits per heavy atom. The molecule has 0 saturated carbocycles. The lowest BCUT2D eigenvalue weighted by Crippen LogP contribution is -2.13. The van der Waals surface area contributed by atoms with Gasteiger partial charge < -0.3 is 10.3 Å². The molecule has 0 fully saturated rings. The molecular formula is C14H19N3. The highest BCUT2D eigenvalue weighted by Gasteiger charge is 2.06. The Bertz CT molecular complexity index is 486. The Hall–Kier alpha value is -1.61. The zero-order chi connectivity index (χ0) is 12.3. The SMILES string of the molecule is Cc1ccccc1CCn1cncc1[C@@H](C)N. The first-order chi connectivity index (χ1) is 8.18. The van der Waals surface area contributed by atoms with Crippen LogP contribution in [0.4, 0.5) is 0 Å². The van der Waals surface area contributed by atoms with Crippen molar-refractivity contribution in [3.05, 3.63) is 53.6 Å². The number of hydrogen-bond acceptors (Lipinski definition) is 2. The monoisotopic (exact) mass is 229 g/mol. The van der Waals surface area contributed by atoms with E-state index in [0.29, 0.717) is 0 Å². The molecule has 1 atom stereocenters. The summed E-state index contributed by atoms with van der Waals surface area (Å²) in [5.41, 5.74) is 9.72. The third-order valence-corrected chi connectivity index (χ3v) is 3.09. The van der Waals surface area contributed by atoms with Crippen LogP contribution in [0.15, 0.2) is 36.8 Å². The van der Waals surface area contributed by atoms with E-state index in [-0.39, 0.29) is 6.04 Å². The highest BCUT2D eigenvalue weighted by Crippen LogP contribution is 2.12. The number of nitrogens with two attached hydrogens (primary N) is 1. The van der Waals surface area contributed by atoms with E-state index in [9.17, 15) is 0 Å². The summed E-state index contributed by atoms with van der Waals surface area (Å²) in [6, 6.07) is 8.52. The van der Waals surface area contributed by atoms with Crippen LogP contribution in [0.25, 0.3) is 0 Å². The molecule has 2 N–H and O–H groups in total. The van der Waals surface area contributed by atoms with Crippen LogP contribution >= 0.6 is 0 Å². The van der Waals surface area contributed by atoms with Crippen LogP contribution in [-0.2, 0) is 13.0 Å². The summed E-state index contributed by atoms with van der Waals surface area (Å²) in [6.07, 6.45) is 4.72. The van der Waals surface area contributed by atoms with Crippen molar-refractivity contribution in [3.63, 3.8) is 0 Å². The number of rotatable bonds is 4. The molecule has 0 aliphatic rings. The van der Waals surface area contributed by atoms with Crippen molar-refractivity contribution < 1.29 is 0 Å². The summed E-state index contributed by atoms with van der Waals surface area (Å²) < 4.78 is 2.14. The molecule has 2 rings (SSSR count). The zero-order valence-electron chi connectivity index (χ0n) is 10.4. The lowest BCUT2D eigenvalue weighted by atomic mass is 10.1. The summed E-state index contributed by atoms with van der Waals surface area (Å²) in [5.74, 6) is 0. The molecule has 0 amide bonds. The number of aromatic nitrogens is 2. The van der Waals surface area contributed by atoms with Gasteiger partial charge in [0.05, 0.1) is 12.0 Å². The van der Waals surface area contributed by atoms with Crippen molar-refractivity contribution in [1.82, 2.24) is 9.55 Å². The maximum Gasteiger partial charge on any atom is 0.0948 e. The molecule has 0 unspecified atom stereocenters. The molecule has 2 aromatic rings. The molecular weight excluding hydrogens is 210 g/mol. The molecule has 0 spiro atoms. The van der Waals surface area contributed by atoms with E-state index in [1.807, 2.05) is 19.4 Å². The van der Waals surface area contributed by atoms with Crippen molar-refractivity contribution >= 4 is 0 Å². The van der Waals surface area contributed by atoms with Crippen LogP contribution < -0.4 is 5.73 Å². The molecule has 0 aliphatic heterocycles. The second kappa shape index (κ2) is 5.15. The highest BCUT2D eigenvalue weighted by molar-refractivity contribution is 5.25. The molecule has 90 valence electrons. The third-order valence-electron chi connectivity index (χ3n) is 3.09. The molecule has 0 aliphatic carbocycles. The van der Waals surface area contributed by atoms with Crippen molar-refractivity contribution in [2.45, 2.75) is 32.9 Å². The van der Waals surface area contributed by atoms with Gasteiger partial charge in [-0.1, -0.05) is 24.3 Å². The standard InChI is InChI=1S/C14H19N3/c1-11-5-3-4-6-13(11)7-8-17-10-16-9-14(17)12(2)15/h3-6,9-10,12H,7-8,15H2,1-2H3/t12-/m1/s1. The maximum atomic E-state index is 5.90. The van der Waals surface area contributed by atoms with Gasteiger partial charge in [0.2, 0.25) is 0 Å². The van der Waals surface area contributed by atoms with Gasteiger partial charge in [-0.25, -0.2) is 4.98 Å². The Balaban J connectivity index is 2.08. The normalized spacial score (nSPS) is 12.6. The maximum absolute atomic E-state index is 5.90. The van der Waals surface area contributed by atoms with Gasteiger partial charge in [-0.2, -0.15) is 0 Å².